The van der Waals surface area contributed by atoms with E-state index in [1.54, 1.807) is 0 Å². The van der Waals surface area contributed by atoms with Gasteiger partial charge in [-0.3, -0.25) is 0 Å². The van der Waals surface area contributed by atoms with Crippen LogP contribution in [-0.2, 0) is 14.8 Å². The highest BCUT2D eigenvalue weighted by Crippen LogP contribution is 2.26. The normalized spacial score (nSPS) is 17.3. The average Bonchev–Trinajstić information content (AvgIpc) is 2.39. The van der Waals surface area contributed by atoms with Crippen LogP contribution < -0.4 is 0 Å². The molecule has 0 unspecified atom stereocenters. The Hall–Kier alpha value is -1.15. The summed E-state index contributed by atoms with van der Waals surface area (Å²) < 4.78 is 30.9. The third kappa shape index (κ3) is 2.89. The second kappa shape index (κ2) is 5.46. The summed E-state index contributed by atoms with van der Waals surface area (Å²) in [6.07, 6.45) is 0.593. The van der Waals surface area contributed by atoms with Crippen molar-refractivity contribution in [2.75, 3.05) is 19.9 Å². The Bertz CT molecular complexity index is 595. The van der Waals surface area contributed by atoms with E-state index in [1.807, 2.05) is 0 Å². The Balaban J connectivity index is 2.44. The molecule has 8 heteroatoms. The lowest BCUT2D eigenvalue weighted by atomic mass is 10.2. The molecule has 1 heterocycles. The summed E-state index contributed by atoms with van der Waals surface area (Å²) in [4.78, 5) is 10.7. The van der Waals surface area contributed by atoms with Crippen LogP contribution in [-0.4, -0.2) is 43.7 Å². The van der Waals surface area contributed by atoms with Gasteiger partial charge in [0.25, 0.3) is 0 Å². The largest absolute Gasteiger partial charge is 0.478 e. The first-order chi connectivity index (χ1) is 8.93. The molecule has 1 aliphatic heterocycles. The molecular weight excluding hydrogens is 294 g/mol. The smallest absolute Gasteiger partial charge is 0.335 e. The molecule has 6 nitrogen and oxygen atoms in total. The first-order valence-electron chi connectivity index (χ1n) is 5.53. The predicted molar refractivity (Wildman–Crippen MR) is 67.7 cm³/mol. The topological polar surface area (TPSA) is 83.9 Å². The minimum atomic E-state index is -3.84. The molecule has 104 valence electrons. The van der Waals surface area contributed by atoms with Gasteiger partial charge in [0, 0.05) is 13.2 Å². The SMILES string of the molecule is O=C(O)c1ccc(Cl)c(S(=O)(=O)N2CCCOC2)c1. The van der Waals surface area contributed by atoms with Crippen LogP contribution in [0.4, 0.5) is 0 Å². The van der Waals surface area contributed by atoms with Gasteiger partial charge in [0.15, 0.2) is 0 Å². The summed E-state index contributed by atoms with van der Waals surface area (Å²) in [5.41, 5.74) is -0.124. The monoisotopic (exact) mass is 305 g/mol. The van der Waals surface area contributed by atoms with Crippen molar-refractivity contribution in [2.45, 2.75) is 11.3 Å². The van der Waals surface area contributed by atoms with Gasteiger partial charge in [0.05, 0.1) is 10.6 Å². The van der Waals surface area contributed by atoms with E-state index >= 15 is 0 Å². The predicted octanol–water partition coefficient (Wildman–Crippen LogP) is 1.41. The Kier molecular flexibility index (Phi) is 4.10. The van der Waals surface area contributed by atoms with E-state index in [1.165, 1.54) is 12.1 Å². The Morgan fingerprint density at radius 3 is 2.74 bits per heavy atom. The van der Waals surface area contributed by atoms with E-state index in [0.717, 1.165) is 10.4 Å². The number of hydrogen-bond acceptors (Lipinski definition) is 4. The van der Waals surface area contributed by atoms with Gasteiger partial charge in [0.1, 0.15) is 11.6 Å². The zero-order valence-corrected chi connectivity index (χ0v) is 11.4. The molecular formula is C11H12ClNO5S. The van der Waals surface area contributed by atoms with Crippen molar-refractivity contribution in [2.24, 2.45) is 0 Å². The number of halogens is 1. The summed E-state index contributed by atoms with van der Waals surface area (Å²) in [6.45, 7) is 0.793. The quantitative estimate of drug-likeness (QED) is 0.912. The van der Waals surface area contributed by atoms with Gasteiger partial charge in [-0.2, -0.15) is 4.31 Å². The summed E-state index contributed by atoms with van der Waals surface area (Å²) >= 11 is 5.87. The second-order valence-electron chi connectivity index (χ2n) is 4.02. The van der Waals surface area contributed by atoms with Crippen molar-refractivity contribution in [1.82, 2.24) is 4.31 Å². The highest BCUT2D eigenvalue weighted by atomic mass is 35.5. The van der Waals surface area contributed by atoms with E-state index in [4.69, 9.17) is 21.4 Å². The van der Waals surface area contributed by atoms with Crippen molar-refractivity contribution in [3.05, 3.63) is 28.8 Å². The molecule has 0 saturated carbocycles. The standard InChI is InChI=1S/C11H12ClNO5S/c12-9-3-2-8(11(14)15)6-10(9)19(16,17)13-4-1-5-18-7-13/h2-3,6H,1,4-5,7H2,(H,14,15). The Morgan fingerprint density at radius 2 is 2.16 bits per heavy atom. The van der Waals surface area contributed by atoms with Crippen LogP contribution in [0.5, 0.6) is 0 Å². The summed E-state index contributed by atoms with van der Waals surface area (Å²) in [6, 6.07) is 3.59. The van der Waals surface area contributed by atoms with Gasteiger partial charge >= 0.3 is 5.97 Å². The van der Waals surface area contributed by atoms with Crippen LogP contribution in [0.1, 0.15) is 16.8 Å². The molecule has 0 bridgehead atoms. The maximum Gasteiger partial charge on any atom is 0.335 e. The van der Waals surface area contributed by atoms with Crippen molar-refractivity contribution in [1.29, 1.82) is 0 Å². The maximum absolute atomic E-state index is 12.4. The lowest BCUT2D eigenvalue weighted by Gasteiger charge is -2.26. The van der Waals surface area contributed by atoms with Crippen LogP contribution in [0, 0.1) is 0 Å². The van der Waals surface area contributed by atoms with E-state index in [0.29, 0.717) is 19.6 Å². The van der Waals surface area contributed by atoms with Gasteiger partial charge in [-0.25, -0.2) is 13.2 Å². The number of rotatable bonds is 3. The number of benzene rings is 1. The lowest BCUT2D eigenvalue weighted by Crippen LogP contribution is -2.38. The molecule has 1 N–H and O–H groups in total. The first-order valence-corrected chi connectivity index (χ1v) is 7.35. The Labute approximate surface area is 115 Å². The minimum absolute atomic E-state index is 0.00410. The van der Waals surface area contributed by atoms with Gasteiger partial charge in [0.2, 0.25) is 10.0 Å². The van der Waals surface area contributed by atoms with Crippen LogP contribution in [0.25, 0.3) is 0 Å². The number of ether oxygens (including phenoxy) is 1. The number of hydrogen-bond donors (Lipinski definition) is 1. The maximum atomic E-state index is 12.4. The zero-order chi connectivity index (χ0) is 14.0. The number of aromatic carboxylic acids is 1. The molecule has 1 saturated heterocycles. The fourth-order valence-electron chi connectivity index (χ4n) is 1.74. The molecule has 0 atom stereocenters. The average molecular weight is 306 g/mol. The highest BCUT2D eigenvalue weighted by Gasteiger charge is 2.29. The van der Waals surface area contributed by atoms with Crippen LogP contribution in [0.3, 0.4) is 0 Å². The summed E-state index contributed by atoms with van der Waals surface area (Å²) in [5.74, 6) is -1.21. The molecule has 1 aliphatic rings. The van der Waals surface area contributed by atoms with Crippen molar-refractivity contribution in [3.63, 3.8) is 0 Å². The van der Waals surface area contributed by atoms with Crippen molar-refractivity contribution in [3.8, 4) is 0 Å². The summed E-state index contributed by atoms with van der Waals surface area (Å²) in [7, 11) is -3.84. The first kappa shape index (κ1) is 14.3. The number of nitrogens with zero attached hydrogens (tertiary/aromatic N) is 1. The molecule has 1 fully saturated rings. The van der Waals surface area contributed by atoms with Crippen LogP contribution in [0.2, 0.25) is 5.02 Å². The van der Waals surface area contributed by atoms with Crippen molar-refractivity contribution < 1.29 is 23.1 Å². The molecule has 19 heavy (non-hydrogen) atoms. The molecule has 2 rings (SSSR count). The summed E-state index contributed by atoms with van der Waals surface area (Å²) in [5, 5.41) is 8.90. The Morgan fingerprint density at radius 1 is 1.42 bits per heavy atom. The van der Waals surface area contributed by atoms with Gasteiger partial charge in [-0.15, -0.1) is 0 Å². The number of sulfonamides is 1. The fraction of sp³-hybridized carbons (Fsp3) is 0.364. The second-order valence-corrected chi connectivity index (χ2v) is 6.34. The van der Waals surface area contributed by atoms with Gasteiger partial charge in [-0.1, -0.05) is 11.6 Å². The molecule has 0 aromatic heterocycles. The van der Waals surface area contributed by atoms with E-state index in [9.17, 15) is 13.2 Å². The van der Waals surface area contributed by atoms with E-state index in [-0.39, 0.29) is 22.2 Å². The lowest BCUT2D eigenvalue weighted by molar-refractivity contribution is 0.0313. The zero-order valence-electron chi connectivity index (χ0n) is 9.87. The minimum Gasteiger partial charge on any atom is -0.478 e. The number of carbonyl (C=O) groups is 1. The molecule has 0 radical (unpaired) electrons. The molecule has 0 spiro atoms. The third-order valence-electron chi connectivity index (χ3n) is 2.73. The van der Waals surface area contributed by atoms with Crippen molar-refractivity contribution >= 4 is 27.6 Å². The van der Waals surface area contributed by atoms with Crippen LogP contribution in [0.15, 0.2) is 23.1 Å². The van der Waals surface area contributed by atoms with E-state index < -0.39 is 16.0 Å². The number of carboxylic acids is 1. The highest BCUT2D eigenvalue weighted by molar-refractivity contribution is 7.89. The molecule has 0 amide bonds. The van der Waals surface area contributed by atoms with Crippen LogP contribution >= 0.6 is 11.6 Å². The van der Waals surface area contributed by atoms with E-state index in [2.05, 4.69) is 0 Å². The molecule has 1 aromatic carbocycles. The fourth-order valence-corrected chi connectivity index (χ4v) is 3.60. The van der Waals surface area contributed by atoms with Gasteiger partial charge in [-0.05, 0) is 24.6 Å². The van der Waals surface area contributed by atoms with Gasteiger partial charge < -0.3 is 9.84 Å². The molecule has 0 aliphatic carbocycles. The third-order valence-corrected chi connectivity index (χ3v) is 5.03. The molecule has 1 aromatic rings. The number of carboxylic acid groups (broad SMARTS) is 1.